The van der Waals surface area contributed by atoms with E-state index in [1.54, 1.807) is 0 Å². The minimum atomic E-state index is 0.643. The van der Waals surface area contributed by atoms with Gasteiger partial charge in [-0.25, -0.2) is 0 Å². The van der Waals surface area contributed by atoms with Crippen LogP contribution in [0.3, 0.4) is 0 Å². The molecule has 0 spiro atoms. The fourth-order valence-corrected chi connectivity index (χ4v) is 3.37. The van der Waals surface area contributed by atoms with Crippen LogP contribution in [0, 0.1) is 0 Å². The molecule has 0 fully saturated rings. The molecule has 1 aliphatic heterocycles. The van der Waals surface area contributed by atoms with Crippen molar-refractivity contribution in [1.29, 1.82) is 0 Å². The third-order valence-corrected chi connectivity index (χ3v) is 5.24. The molecule has 1 aliphatic rings. The van der Waals surface area contributed by atoms with E-state index in [2.05, 4.69) is 16.3 Å². The second-order valence-electron chi connectivity index (χ2n) is 6.40. The summed E-state index contributed by atoms with van der Waals surface area (Å²) in [5.41, 5.74) is 5.79. The molecule has 0 amide bonds. The van der Waals surface area contributed by atoms with Crippen molar-refractivity contribution < 1.29 is 0 Å². The molecular weight excluding hydrogens is 411 g/mol. The van der Waals surface area contributed by atoms with Crippen LogP contribution < -0.4 is 0 Å². The van der Waals surface area contributed by atoms with Gasteiger partial charge in [0, 0.05) is 27.1 Å². The standard InChI is InChI=1S/C23H15Cl3N2/c24-19-7-1-15(2-8-19)18-13-22(16-3-9-20(25)10-4-16)27-28-23(14-18)17-5-11-21(26)12-6-17/h1-13H,14H2. The minimum absolute atomic E-state index is 0.643. The highest BCUT2D eigenvalue weighted by Gasteiger charge is 2.15. The van der Waals surface area contributed by atoms with E-state index < -0.39 is 0 Å². The molecule has 3 aromatic carbocycles. The highest BCUT2D eigenvalue weighted by atomic mass is 35.5. The maximum absolute atomic E-state index is 6.07. The first kappa shape index (κ1) is 18.9. The van der Waals surface area contributed by atoms with E-state index in [0.717, 1.165) is 33.7 Å². The van der Waals surface area contributed by atoms with Crippen LogP contribution in [0.5, 0.6) is 0 Å². The maximum Gasteiger partial charge on any atom is 0.0932 e. The van der Waals surface area contributed by atoms with Crippen molar-refractivity contribution in [2.45, 2.75) is 6.42 Å². The number of halogens is 3. The third kappa shape index (κ3) is 4.36. The maximum atomic E-state index is 6.07. The first-order valence-corrected chi connectivity index (χ1v) is 9.85. The summed E-state index contributed by atoms with van der Waals surface area (Å²) in [5, 5.41) is 11.2. The van der Waals surface area contributed by atoms with Gasteiger partial charge < -0.3 is 0 Å². The van der Waals surface area contributed by atoms with Gasteiger partial charge in [-0.1, -0.05) is 71.2 Å². The molecule has 0 N–H and O–H groups in total. The van der Waals surface area contributed by atoms with Crippen molar-refractivity contribution in [3.05, 3.63) is 111 Å². The van der Waals surface area contributed by atoms with E-state index in [1.165, 1.54) is 0 Å². The molecule has 0 aromatic heterocycles. The normalized spacial score (nSPS) is 14.0. The summed E-state index contributed by atoms with van der Waals surface area (Å²) >= 11 is 18.1. The van der Waals surface area contributed by atoms with Crippen LogP contribution in [0.15, 0.2) is 89.1 Å². The average Bonchev–Trinajstić information content (AvgIpc) is 2.93. The summed E-state index contributed by atoms with van der Waals surface area (Å²) in [6.07, 6.45) is 2.71. The predicted molar refractivity (Wildman–Crippen MR) is 120 cm³/mol. The van der Waals surface area contributed by atoms with Gasteiger partial charge in [-0.2, -0.15) is 10.2 Å². The van der Waals surface area contributed by atoms with Crippen molar-refractivity contribution in [2.75, 3.05) is 0 Å². The second-order valence-corrected chi connectivity index (χ2v) is 7.71. The van der Waals surface area contributed by atoms with Gasteiger partial charge in [0.25, 0.3) is 0 Å². The van der Waals surface area contributed by atoms with Crippen LogP contribution in [-0.2, 0) is 0 Å². The smallest absolute Gasteiger partial charge is 0.0932 e. The lowest BCUT2D eigenvalue weighted by Gasteiger charge is -2.09. The zero-order chi connectivity index (χ0) is 19.5. The van der Waals surface area contributed by atoms with Crippen molar-refractivity contribution in [3.8, 4) is 0 Å². The molecule has 138 valence electrons. The zero-order valence-electron chi connectivity index (χ0n) is 14.7. The van der Waals surface area contributed by atoms with E-state index >= 15 is 0 Å². The van der Waals surface area contributed by atoms with Crippen molar-refractivity contribution in [2.24, 2.45) is 10.2 Å². The van der Waals surface area contributed by atoms with Gasteiger partial charge in [-0.15, -0.1) is 0 Å². The summed E-state index contributed by atoms with van der Waals surface area (Å²) in [6, 6.07) is 23.0. The van der Waals surface area contributed by atoms with E-state index in [-0.39, 0.29) is 0 Å². The van der Waals surface area contributed by atoms with Crippen LogP contribution in [0.4, 0.5) is 0 Å². The highest BCUT2D eigenvalue weighted by Crippen LogP contribution is 2.27. The number of rotatable bonds is 3. The molecule has 0 aliphatic carbocycles. The Morgan fingerprint density at radius 1 is 0.536 bits per heavy atom. The minimum Gasteiger partial charge on any atom is -0.154 e. The average molecular weight is 426 g/mol. The number of benzene rings is 3. The molecule has 1 heterocycles. The molecule has 0 radical (unpaired) electrons. The van der Waals surface area contributed by atoms with Crippen molar-refractivity contribution in [1.82, 2.24) is 0 Å². The molecule has 2 nitrogen and oxygen atoms in total. The quantitative estimate of drug-likeness (QED) is 0.420. The van der Waals surface area contributed by atoms with Crippen LogP contribution in [0.2, 0.25) is 15.1 Å². The fourth-order valence-electron chi connectivity index (χ4n) is 2.99. The van der Waals surface area contributed by atoms with Gasteiger partial charge in [-0.3, -0.25) is 0 Å². The van der Waals surface area contributed by atoms with Gasteiger partial charge in [0.05, 0.1) is 11.4 Å². The summed E-state index contributed by atoms with van der Waals surface area (Å²) in [4.78, 5) is 0. The summed E-state index contributed by atoms with van der Waals surface area (Å²) in [6.45, 7) is 0. The molecule has 0 atom stereocenters. The second kappa shape index (κ2) is 8.32. The summed E-state index contributed by atoms with van der Waals surface area (Å²) < 4.78 is 0. The van der Waals surface area contributed by atoms with Gasteiger partial charge in [-0.05, 0) is 59.2 Å². The number of nitrogens with zero attached hydrogens (tertiary/aromatic N) is 2. The summed E-state index contributed by atoms with van der Waals surface area (Å²) in [5.74, 6) is 0. The Bertz CT molecular complexity index is 1080. The largest absolute Gasteiger partial charge is 0.154 e. The van der Waals surface area contributed by atoms with E-state index in [9.17, 15) is 0 Å². The molecule has 0 unspecified atom stereocenters. The Hall–Kier alpha value is -2.39. The van der Waals surface area contributed by atoms with Gasteiger partial charge in [0.15, 0.2) is 0 Å². The zero-order valence-corrected chi connectivity index (χ0v) is 17.0. The third-order valence-electron chi connectivity index (χ3n) is 4.48. The SMILES string of the molecule is Clc1ccc(C2=CC(c3ccc(Cl)cc3)=NN=C(c3ccc(Cl)cc3)C2)cc1. The Morgan fingerprint density at radius 2 is 1.00 bits per heavy atom. The molecule has 3 aromatic rings. The lowest BCUT2D eigenvalue weighted by molar-refractivity contribution is 1.22. The fraction of sp³-hybridized carbons (Fsp3) is 0.0435. The topological polar surface area (TPSA) is 24.7 Å². The molecule has 5 heteroatoms. The molecular formula is C23H15Cl3N2. The predicted octanol–water partition coefficient (Wildman–Crippen LogP) is 7.33. The molecule has 0 saturated carbocycles. The van der Waals surface area contributed by atoms with E-state index in [4.69, 9.17) is 34.8 Å². The van der Waals surface area contributed by atoms with Gasteiger partial charge >= 0.3 is 0 Å². The van der Waals surface area contributed by atoms with Crippen LogP contribution in [-0.4, -0.2) is 11.4 Å². The van der Waals surface area contributed by atoms with E-state index in [0.29, 0.717) is 21.5 Å². The Labute approximate surface area is 178 Å². The Morgan fingerprint density at radius 3 is 1.54 bits per heavy atom. The van der Waals surface area contributed by atoms with Gasteiger partial charge in [0.2, 0.25) is 0 Å². The summed E-state index contributed by atoms with van der Waals surface area (Å²) in [7, 11) is 0. The van der Waals surface area contributed by atoms with Crippen molar-refractivity contribution in [3.63, 3.8) is 0 Å². The lowest BCUT2D eigenvalue weighted by atomic mass is 9.95. The van der Waals surface area contributed by atoms with Gasteiger partial charge in [0.1, 0.15) is 0 Å². The van der Waals surface area contributed by atoms with Crippen molar-refractivity contribution >= 4 is 51.8 Å². The molecule has 0 saturated heterocycles. The van der Waals surface area contributed by atoms with Crippen LogP contribution >= 0.6 is 34.8 Å². The number of allylic oxidation sites excluding steroid dienone is 2. The molecule has 28 heavy (non-hydrogen) atoms. The number of hydrogen-bond acceptors (Lipinski definition) is 2. The Balaban J connectivity index is 1.80. The first-order chi connectivity index (χ1) is 13.6. The van der Waals surface area contributed by atoms with Crippen LogP contribution in [0.1, 0.15) is 23.1 Å². The molecule has 4 rings (SSSR count). The first-order valence-electron chi connectivity index (χ1n) is 8.71. The molecule has 0 bridgehead atoms. The number of hydrogen-bond donors (Lipinski definition) is 0. The lowest BCUT2D eigenvalue weighted by Crippen LogP contribution is -2.02. The Kier molecular flexibility index (Phi) is 5.63. The highest BCUT2D eigenvalue weighted by molar-refractivity contribution is 6.31. The monoisotopic (exact) mass is 424 g/mol. The van der Waals surface area contributed by atoms with E-state index in [1.807, 2.05) is 72.8 Å². The van der Waals surface area contributed by atoms with Crippen LogP contribution in [0.25, 0.3) is 5.57 Å².